The summed E-state index contributed by atoms with van der Waals surface area (Å²) in [6.45, 7) is 5.99. The van der Waals surface area contributed by atoms with Gasteiger partial charge in [-0.3, -0.25) is 9.59 Å². The molecule has 0 spiro atoms. The number of hydrogen-bond acceptors (Lipinski definition) is 3. The molecule has 1 N–H and O–H groups in total. The van der Waals surface area contributed by atoms with Crippen molar-refractivity contribution in [2.75, 3.05) is 12.4 Å². The highest BCUT2D eigenvalue weighted by atomic mass is 16.3. The molecule has 2 rings (SSSR count). The smallest absolute Gasteiger partial charge is 0.256 e. The normalized spacial score (nSPS) is 10.7. The van der Waals surface area contributed by atoms with E-state index in [4.69, 9.17) is 4.42 Å². The molecular weight excluding hydrogens is 292 g/mol. The van der Waals surface area contributed by atoms with Crippen LogP contribution in [0, 0.1) is 12.8 Å². The molecule has 0 unspecified atom stereocenters. The van der Waals surface area contributed by atoms with Crippen LogP contribution in [0.2, 0.25) is 0 Å². The number of carbonyl (C=O) groups is 2. The Balaban J connectivity index is 2.24. The Morgan fingerprint density at radius 1 is 1.26 bits per heavy atom. The van der Waals surface area contributed by atoms with Gasteiger partial charge in [0, 0.05) is 25.1 Å². The van der Waals surface area contributed by atoms with Crippen LogP contribution in [-0.4, -0.2) is 23.8 Å². The lowest BCUT2D eigenvalue weighted by molar-refractivity contribution is -0.118. The average molecular weight is 314 g/mol. The molecule has 0 atom stereocenters. The lowest BCUT2D eigenvalue weighted by Gasteiger charge is -2.19. The van der Waals surface area contributed by atoms with E-state index in [0.717, 1.165) is 11.1 Å². The van der Waals surface area contributed by atoms with Crippen molar-refractivity contribution in [1.29, 1.82) is 0 Å². The molecule has 0 aliphatic heterocycles. The second-order valence-electron chi connectivity index (χ2n) is 5.99. The van der Waals surface area contributed by atoms with Gasteiger partial charge in [-0.2, -0.15) is 0 Å². The van der Waals surface area contributed by atoms with Crippen LogP contribution < -0.4 is 5.32 Å². The Morgan fingerprint density at radius 3 is 2.61 bits per heavy atom. The summed E-state index contributed by atoms with van der Waals surface area (Å²) < 4.78 is 5.03. The van der Waals surface area contributed by atoms with Crippen molar-refractivity contribution in [1.82, 2.24) is 4.90 Å². The molecule has 2 amide bonds. The van der Waals surface area contributed by atoms with E-state index in [1.54, 1.807) is 36.6 Å². The topological polar surface area (TPSA) is 62.6 Å². The number of rotatable bonds is 5. The zero-order valence-corrected chi connectivity index (χ0v) is 13.9. The van der Waals surface area contributed by atoms with Crippen molar-refractivity contribution in [3.63, 3.8) is 0 Å². The summed E-state index contributed by atoms with van der Waals surface area (Å²) >= 11 is 0. The minimum Gasteiger partial charge on any atom is -0.472 e. The van der Waals surface area contributed by atoms with Gasteiger partial charge in [-0.25, -0.2) is 0 Å². The molecule has 0 radical (unpaired) electrons. The van der Waals surface area contributed by atoms with Crippen LogP contribution in [0.1, 0.15) is 35.3 Å². The maximum Gasteiger partial charge on any atom is 0.256 e. The van der Waals surface area contributed by atoms with E-state index in [0.29, 0.717) is 17.8 Å². The number of hydrogen-bond donors (Lipinski definition) is 1. The van der Waals surface area contributed by atoms with E-state index < -0.39 is 0 Å². The summed E-state index contributed by atoms with van der Waals surface area (Å²) in [4.78, 5) is 26.3. The van der Waals surface area contributed by atoms with Gasteiger partial charge >= 0.3 is 0 Å². The predicted molar refractivity (Wildman–Crippen MR) is 89.2 cm³/mol. The fraction of sp³-hybridized carbons (Fsp3) is 0.333. The van der Waals surface area contributed by atoms with Crippen LogP contribution in [0.4, 0.5) is 5.69 Å². The lowest BCUT2D eigenvalue weighted by Crippen LogP contribution is -2.28. The Morgan fingerprint density at radius 2 is 2.00 bits per heavy atom. The molecule has 2 aromatic rings. The minimum absolute atomic E-state index is 0.111. The quantitative estimate of drug-likeness (QED) is 0.919. The fourth-order valence-electron chi connectivity index (χ4n) is 2.16. The van der Waals surface area contributed by atoms with Gasteiger partial charge < -0.3 is 14.6 Å². The third-order valence-electron chi connectivity index (χ3n) is 3.53. The van der Waals surface area contributed by atoms with E-state index in [1.165, 1.54) is 0 Å². The van der Waals surface area contributed by atoms with Crippen molar-refractivity contribution in [3.8, 4) is 0 Å². The molecular formula is C18H22N2O3. The maximum atomic E-state index is 12.7. The zero-order valence-electron chi connectivity index (χ0n) is 13.9. The molecule has 0 aliphatic rings. The van der Waals surface area contributed by atoms with E-state index in [2.05, 4.69) is 5.32 Å². The number of nitrogens with zero attached hydrogens (tertiary/aromatic N) is 1. The molecule has 5 nitrogen and oxygen atoms in total. The highest BCUT2D eigenvalue weighted by molar-refractivity contribution is 6.04. The Bertz CT molecular complexity index is 690. The summed E-state index contributed by atoms with van der Waals surface area (Å²) in [6.07, 6.45) is 3.19. The van der Waals surface area contributed by atoms with Crippen molar-refractivity contribution < 1.29 is 14.0 Å². The first-order valence-electron chi connectivity index (χ1n) is 7.56. The Kier molecular flexibility index (Phi) is 5.21. The monoisotopic (exact) mass is 314 g/mol. The van der Waals surface area contributed by atoms with Gasteiger partial charge in [0.1, 0.15) is 0 Å². The molecule has 0 saturated heterocycles. The van der Waals surface area contributed by atoms with E-state index in [-0.39, 0.29) is 17.7 Å². The van der Waals surface area contributed by atoms with Crippen molar-refractivity contribution in [2.24, 2.45) is 5.92 Å². The van der Waals surface area contributed by atoms with Crippen molar-refractivity contribution >= 4 is 17.5 Å². The molecule has 0 aliphatic carbocycles. The van der Waals surface area contributed by atoms with E-state index >= 15 is 0 Å². The highest BCUT2D eigenvalue weighted by Crippen LogP contribution is 2.21. The number of furan rings is 1. The summed E-state index contributed by atoms with van der Waals surface area (Å²) in [6, 6.07) is 7.27. The van der Waals surface area contributed by atoms with Crippen LogP contribution in [-0.2, 0) is 11.3 Å². The van der Waals surface area contributed by atoms with Crippen molar-refractivity contribution in [2.45, 2.75) is 27.3 Å². The molecule has 23 heavy (non-hydrogen) atoms. The van der Waals surface area contributed by atoms with Crippen LogP contribution >= 0.6 is 0 Å². The SMILES string of the molecule is Cc1ccc(NC(=O)C(C)C)c(C(=O)N(C)Cc2ccoc2)c1. The predicted octanol–water partition coefficient (Wildman–Crippen LogP) is 3.45. The molecule has 122 valence electrons. The molecule has 0 bridgehead atoms. The second kappa shape index (κ2) is 7.13. The average Bonchev–Trinajstić information content (AvgIpc) is 3.00. The van der Waals surface area contributed by atoms with Gasteiger partial charge in [-0.05, 0) is 25.1 Å². The van der Waals surface area contributed by atoms with Crippen molar-refractivity contribution in [3.05, 3.63) is 53.5 Å². The van der Waals surface area contributed by atoms with Gasteiger partial charge in [0.15, 0.2) is 0 Å². The Hall–Kier alpha value is -2.56. The molecule has 0 fully saturated rings. The minimum atomic E-state index is -0.150. The summed E-state index contributed by atoms with van der Waals surface area (Å²) in [7, 11) is 1.73. The molecule has 0 saturated carbocycles. The standard InChI is InChI=1S/C18H22N2O3/c1-12(2)17(21)19-16-6-5-13(3)9-15(16)18(22)20(4)10-14-7-8-23-11-14/h5-9,11-12H,10H2,1-4H3,(H,19,21). The van der Waals surface area contributed by atoms with Gasteiger partial charge in [0.05, 0.1) is 23.8 Å². The highest BCUT2D eigenvalue weighted by Gasteiger charge is 2.19. The van der Waals surface area contributed by atoms with E-state index in [9.17, 15) is 9.59 Å². The first kappa shape index (κ1) is 16.8. The number of amides is 2. The first-order chi connectivity index (χ1) is 10.9. The molecule has 1 aromatic carbocycles. The molecule has 1 heterocycles. The number of benzene rings is 1. The van der Waals surface area contributed by atoms with Crippen LogP contribution in [0.3, 0.4) is 0 Å². The van der Waals surface area contributed by atoms with E-state index in [1.807, 2.05) is 32.9 Å². The fourth-order valence-corrected chi connectivity index (χ4v) is 2.16. The van der Waals surface area contributed by atoms with Gasteiger partial charge in [-0.1, -0.05) is 25.5 Å². The lowest BCUT2D eigenvalue weighted by atomic mass is 10.1. The van der Waals surface area contributed by atoms with Gasteiger partial charge in [0.2, 0.25) is 5.91 Å². The number of carbonyl (C=O) groups excluding carboxylic acids is 2. The Labute approximate surface area is 136 Å². The number of anilines is 1. The molecule has 1 aromatic heterocycles. The van der Waals surface area contributed by atoms with Gasteiger partial charge in [-0.15, -0.1) is 0 Å². The second-order valence-corrected chi connectivity index (χ2v) is 5.99. The number of aryl methyl sites for hydroxylation is 1. The summed E-state index contributed by atoms with van der Waals surface area (Å²) in [5, 5.41) is 2.83. The van der Waals surface area contributed by atoms with Gasteiger partial charge in [0.25, 0.3) is 5.91 Å². The number of nitrogens with one attached hydrogen (secondary N) is 1. The largest absolute Gasteiger partial charge is 0.472 e. The third kappa shape index (κ3) is 4.22. The molecule has 5 heteroatoms. The zero-order chi connectivity index (χ0) is 17.0. The maximum absolute atomic E-state index is 12.7. The van der Waals surface area contributed by atoms with Crippen LogP contribution in [0.15, 0.2) is 41.2 Å². The summed E-state index contributed by atoms with van der Waals surface area (Å²) in [5.41, 5.74) is 2.91. The summed E-state index contributed by atoms with van der Waals surface area (Å²) in [5.74, 6) is -0.405. The van der Waals surface area contributed by atoms with Crippen LogP contribution in [0.5, 0.6) is 0 Å². The van der Waals surface area contributed by atoms with Crippen LogP contribution in [0.25, 0.3) is 0 Å². The third-order valence-corrected chi connectivity index (χ3v) is 3.53. The first-order valence-corrected chi connectivity index (χ1v) is 7.56.